The Labute approximate surface area is 74.6 Å². The SMILES string of the molecule is CC(C)OB1OC(C)CC(C)O1. The van der Waals surface area contributed by atoms with E-state index in [2.05, 4.69) is 0 Å². The van der Waals surface area contributed by atoms with Gasteiger partial charge in [-0.15, -0.1) is 0 Å². The third kappa shape index (κ3) is 3.13. The van der Waals surface area contributed by atoms with Gasteiger partial charge in [-0.25, -0.2) is 0 Å². The highest BCUT2D eigenvalue weighted by Gasteiger charge is 2.33. The van der Waals surface area contributed by atoms with Crippen LogP contribution in [0.2, 0.25) is 0 Å². The van der Waals surface area contributed by atoms with E-state index in [1.54, 1.807) is 0 Å². The molecule has 1 fully saturated rings. The molecule has 4 heteroatoms. The highest BCUT2D eigenvalue weighted by molar-refractivity contribution is 6.36. The average molecular weight is 172 g/mol. The summed E-state index contributed by atoms with van der Waals surface area (Å²) in [6.45, 7) is 8.01. The molecule has 0 aromatic carbocycles. The third-order valence-corrected chi connectivity index (χ3v) is 1.73. The molecule has 0 radical (unpaired) electrons. The first kappa shape index (κ1) is 10.0. The molecule has 0 aromatic heterocycles. The van der Waals surface area contributed by atoms with E-state index in [9.17, 15) is 0 Å². The van der Waals surface area contributed by atoms with E-state index in [4.69, 9.17) is 14.0 Å². The van der Waals surface area contributed by atoms with Gasteiger partial charge in [-0.2, -0.15) is 0 Å². The highest BCUT2D eigenvalue weighted by Crippen LogP contribution is 2.16. The van der Waals surface area contributed by atoms with Crippen molar-refractivity contribution in [2.45, 2.75) is 52.4 Å². The van der Waals surface area contributed by atoms with Crippen LogP contribution in [0.25, 0.3) is 0 Å². The van der Waals surface area contributed by atoms with Gasteiger partial charge in [-0.3, -0.25) is 0 Å². The molecular formula is C8H17BO3. The smallest absolute Gasteiger partial charge is 0.384 e. The molecule has 0 saturated carbocycles. The maximum atomic E-state index is 5.42. The van der Waals surface area contributed by atoms with Gasteiger partial charge in [0.1, 0.15) is 0 Å². The minimum absolute atomic E-state index is 0.146. The van der Waals surface area contributed by atoms with Gasteiger partial charge in [0.15, 0.2) is 0 Å². The average Bonchev–Trinajstić information content (AvgIpc) is 1.81. The summed E-state index contributed by atoms with van der Waals surface area (Å²) in [6, 6.07) is 0. The van der Waals surface area contributed by atoms with Crippen LogP contribution in [0.5, 0.6) is 0 Å². The van der Waals surface area contributed by atoms with Crippen LogP contribution in [0.4, 0.5) is 0 Å². The molecule has 0 spiro atoms. The van der Waals surface area contributed by atoms with Crippen LogP contribution in [0.15, 0.2) is 0 Å². The Balaban J connectivity index is 2.34. The molecule has 1 heterocycles. The van der Waals surface area contributed by atoms with Crippen LogP contribution >= 0.6 is 0 Å². The van der Waals surface area contributed by atoms with Crippen molar-refractivity contribution in [3.8, 4) is 0 Å². The van der Waals surface area contributed by atoms with Crippen molar-refractivity contribution in [2.75, 3.05) is 0 Å². The second kappa shape index (κ2) is 4.26. The molecule has 0 amide bonds. The normalized spacial score (nSPS) is 31.2. The van der Waals surface area contributed by atoms with Crippen LogP contribution in [-0.4, -0.2) is 25.6 Å². The molecule has 1 rings (SSSR count). The Morgan fingerprint density at radius 3 is 2.17 bits per heavy atom. The fraction of sp³-hybridized carbons (Fsp3) is 1.00. The number of hydrogen-bond donors (Lipinski definition) is 0. The zero-order valence-corrected chi connectivity index (χ0v) is 8.24. The minimum Gasteiger partial charge on any atom is -0.384 e. The Hall–Kier alpha value is -0.0551. The maximum absolute atomic E-state index is 5.42. The summed E-state index contributed by atoms with van der Waals surface area (Å²) in [5, 5.41) is 0. The summed E-state index contributed by atoms with van der Waals surface area (Å²) in [7, 11) is -0.469. The summed E-state index contributed by atoms with van der Waals surface area (Å²) in [5.41, 5.74) is 0. The molecule has 1 aliphatic heterocycles. The van der Waals surface area contributed by atoms with Gasteiger partial charge in [0.25, 0.3) is 0 Å². The number of hydrogen-bond acceptors (Lipinski definition) is 3. The van der Waals surface area contributed by atoms with Crippen LogP contribution < -0.4 is 0 Å². The lowest BCUT2D eigenvalue weighted by atomic mass is 10.1. The van der Waals surface area contributed by atoms with E-state index in [-0.39, 0.29) is 18.3 Å². The summed E-state index contributed by atoms with van der Waals surface area (Å²) in [5.74, 6) is 0. The zero-order valence-electron chi connectivity index (χ0n) is 8.24. The van der Waals surface area contributed by atoms with Gasteiger partial charge < -0.3 is 14.0 Å². The van der Waals surface area contributed by atoms with E-state index in [1.807, 2.05) is 27.7 Å². The maximum Gasteiger partial charge on any atom is 0.639 e. The Morgan fingerprint density at radius 2 is 1.75 bits per heavy atom. The molecule has 0 N–H and O–H groups in total. The highest BCUT2D eigenvalue weighted by atomic mass is 16.7. The van der Waals surface area contributed by atoms with Crippen molar-refractivity contribution in [2.24, 2.45) is 0 Å². The Morgan fingerprint density at radius 1 is 1.25 bits per heavy atom. The fourth-order valence-corrected chi connectivity index (χ4v) is 1.28. The summed E-state index contributed by atoms with van der Waals surface area (Å²) < 4.78 is 16.2. The monoisotopic (exact) mass is 172 g/mol. The Kier molecular flexibility index (Phi) is 3.56. The van der Waals surface area contributed by atoms with E-state index in [1.165, 1.54) is 0 Å². The molecule has 0 aliphatic carbocycles. The van der Waals surface area contributed by atoms with E-state index in [0.717, 1.165) is 6.42 Å². The molecule has 2 atom stereocenters. The summed E-state index contributed by atoms with van der Waals surface area (Å²) in [6.07, 6.45) is 1.56. The summed E-state index contributed by atoms with van der Waals surface area (Å²) >= 11 is 0. The minimum atomic E-state index is -0.469. The predicted molar refractivity (Wildman–Crippen MR) is 47.7 cm³/mol. The van der Waals surface area contributed by atoms with Gasteiger partial charge in [-0.1, -0.05) is 0 Å². The van der Waals surface area contributed by atoms with Crippen molar-refractivity contribution >= 4 is 7.32 Å². The fourth-order valence-electron chi connectivity index (χ4n) is 1.28. The first-order valence-electron chi connectivity index (χ1n) is 4.54. The predicted octanol–water partition coefficient (Wildman–Crippen LogP) is 1.61. The van der Waals surface area contributed by atoms with E-state index in [0.29, 0.717) is 0 Å². The van der Waals surface area contributed by atoms with Crippen LogP contribution in [0, 0.1) is 0 Å². The molecule has 12 heavy (non-hydrogen) atoms. The van der Waals surface area contributed by atoms with E-state index < -0.39 is 7.32 Å². The van der Waals surface area contributed by atoms with E-state index >= 15 is 0 Å². The molecular weight excluding hydrogens is 155 g/mol. The van der Waals surface area contributed by atoms with Crippen molar-refractivity contribution in [1.29, 1.82) is 0 Å². The van der Waals surface area contributed by atoms with Crippen molar-refractivity contribution in [1.82, 2.24) is 0 Å². The quantitative estimate of drug-likeness (QED) is 0.592. The first-order chi connectivity index (χ1) is 5.58. The molecule has 2 unspecified atom stereocenters. The van der Waals surface area contributed by atoms with Gasteiger partial charge in [0, 0.05) is 18.3 Å². The zero-order chi connectivity index (χ0) is 9.14. The first-order valence-corrected chi connectivity index (χ1v) is 4.54. The standard InChI is InChI=1S/C8H17BO3/c1-6(2)10-9-11-7(3)5-8(4)12-9/h6-8H,5H2,1-4H3. The number of rotatable bonds is 2. The lowest BCUT2D eigenvalue weighted by Crippen LogP contribution is -2.42. The van der Waals surface area contributed by atoms with Gasteiger partial charge in [0.2, 0.25) is 0 Å². The largest absolute Gasteiger partial charge is 0.639 e. The van der Waals surface area contributed by atoms with Gasteiger partial charge in [-0.05, 0) is 34.1 Å². The van der Waals surface area contributed by atoms with Gasteiger partial charge in [0.05, 0.1) is 0 Å². The molecule has 1 saturated heterocycles. The Bertz CT molecular complexity index is 128. The van der Waals surface area contributed by atoms with Crippen molar-refractivity contribution in [3.05, 3.63) is 0 Å². The van der Waals surface area contributed by atoms with Crippen LogP contribution in [0.1, 0.15) is 34.1 Å². The molecule has 0 bridgehead atoms. The second-order valence-corrected chi connectivity index (χ2v) is 3.60. The third-order valence-electron chi connectivity index (χ3n) is 1.73. The molecule has 1 aliphatic rings. The summed E-state index contributed by atoms with van der Waals surface area (Å²) in [4.78, 5) is 0. The van der Waals surface area contributed by atoms with Crippen LogP contribution in [-0.2, 0) is 14.0 Å². The topological polar surface area (TPSA) is 27.7 Å². The molecule has 3 nitrogen and oxygen atoms in total. The lowest BCUT2D eigenvalue weighted by Gasteiger charge is -2.30. The second-order valence-electron chi connectivity index (χ2n) is 3.60. The van der Waals surface area contributed by atoms with Crippen molar-refractivity contribution < 1.29 is 14.0 Å². The lowest BCUT2D eigenvalue weighted by molar-refractivity contribution is -0.0294. The van der Waals surface area contributed by atoms with Crippen molar-refractivity contribution in [3.63, 3.8) is 0 Å². The van der Waals surface area contributed by atoms with Crippen LogP contribution in [0.3, 0.4) is 0 Å². The van der Waals surface area contributed by atoms with Gasteiger partial charge >= 0.3 is 7.32 Å². The molecule has 70 valence electrons. The molecule has 0 aromatic rings.